The average Bonchev–Trinajstić information content (AvgIpc) is 2.37. The number of rotatable bonds is 1. The van der Waals surface area contributed by atoms with Gasteiger partial charge in [0.05, 0.1) is 0 Å². The monoisotopic (exact) mass is 247 g/mol. The van der Waals surface area contributed by atoms with Gasteiger partial charge in [-0.1, -0.05) is 18.2 Å². The third-order valence-corrected chi connectivity index (χ3v) is 3.16. The summed E-state index contributed by atoms with van der Waals surface area (Å²) >= 11 is 0. The lowest BCUT2D eigenvalue weighted by atomic mass is 10.2. The van der Waals surface area contributed by atoms with Crippen molar-refractivity contribution in [3.05, 3.63) is 30.3 Å². The van der Waals surface area contributed by atoms with Gasteiger partial charge in [0, 0.05) is 25.8 Å². The highest BCUT2D eigenvalue weighted by molar-refractivity contribution is 5.94. The molecule has 1 fully saturated rings. The molecule has 1 aromatic rings. The Labute approximate surface area is 106 Å². The van der Waals surface area contributed by atoms with Gasteiger partial charge in [-0.25, -0.2) is 4.79 Å². The van der Waals surface area contributed by atoms with E-state index in [0.717, 1.165) is 5.69 Å². The minimum absolute atomic E-state index is 0.0236. The van der Waals surface area contributed by atoms with Crippen LogP contribution in [0.1, 0.15) is 6.92 Å². The Morgan fingerprint density at radius 3 is 2.61 bits per heavy atom. The molecule has 5 nitrogen and oxygen atoms in total. The molecule has 1 N–H and O–H groups in total. The van der Waals surface area contributed by atoms with Crippen molar-refractivity contribution in [1.82, 2.24) is 9.80 Å². The highest BCUT2D eigenvalue weighted by Crippen LogP contribution is 2.13. The Morgan fingerprint density at radius 2 is 1.94 bits per heavy atom. The molecule has 1 aromatic carbocycles. The molecule has 0 bridgehead atoms. The molecule has 1 aliphatic rings. The molecule has 1 unspecified atom stereocenters. The molecule has 1 saturated heterocycles. The average molecular weight is 247 g/mol. The van der Waals surface area contributed by atoms with Crippen molar-refractivity contribution in [2.45, 2.75) is 13.0 Å². The van der Waals surface area contributed by atoms with Crippen LogP contribution in [-0.4, -0.2) is 47.9 Å². The van der Waals surface area contributed by atoms with Gasteiger partial charge in [-0.15, -0.1) is 0 Å². The second-order valence-electron chi connectivity index (χ2n) is 4.43. The first-order chi connectivity index (χ1) is 8.59. The van der Waals surface area contributed by atoms with Crippen LogP contribution in [0.4, 0.5) is 10.5 Å². The predicted octanol–water partition coefficient (Wildman–Crippen LogP) is 1.38. The van der Waals surface area contributed by atoms with Crippen LogP contribution in [0.25, 0.3) is 0 Å². The zero-order valence-corrected chi connectivity index (χ0v) is 10.6. The van der Waals surface area contributed by atoms with Crippen molar-refractivity contribution >= 4 is 17.6 Å². The normalized spacial score (nSPS) is 19.9. The number of hydrogen-bond acceptors (Lipinski definition) is 2. The highest BCUT2D eigenvalue weighted by atomic mass is 16.2. The van der Waals surface area contributed by atoms with Crippen LogP contribution in [0.2, 0.25) is 0 Å². The van der Waals surface area contributed by atoms with Crippen molar-refractivity contribution in [3.63, 3.8) is 0 Å². The number of urea groups is 1. The van der Waals surface area contributed by atoms with E-state index in [4.69, 9.17) is 0 Å². The molecule has 5 heteroatoms. The standard InChI is InChI=1S/C13H17N3O2/c1-10-12(17)15(2)8-9-16(10)13(18)14-11-6-4-3-5-7-11/h3-7,10H,8-9H2,1-2H3,(H,14,18). The van der Waals surface area contributed by atoms with Crippen LogP contribution in [0.5, 0.6) is 0 Å². The van der Waals surface area contributed by atoms with Gasteiger partial charge in [-0.2, -0.15) is 0 Å². The van der Waals surface area contributed by atoms with E-state index in [0.29, 0.717) is 13.1 Å². The summed E-state index contributed by atoms with van der Waals surface area (Å²) in [4.78, 5) is 27.1. The van der Waals surface area contributed by atoms with Gasteiger partial charge >= 0.3 is 6.03 Å². The largest absolute Gasteiger partial charge is 0.342 e. The van der Waals surface area contributed by atoms with Crippen LogP contribution in [0.15, 0.2) is 30.3 Å². The first kappa shape index (κ1) is 12.4. The fraction of sp³-hybridized carbons (Fsp3) is 0.385. The first-order valence-electron chi connectivity index (χ1n) is 5.97. The van der Waals surface area contributed by atoms with E-state index in [-0.39, 0.29) is 11.9 Å². The fourth-order valence-corrected chi connectivity index (χ4v) is 2.01. The molecule has 1 aliphatic heterocycles. The Balaban J connectivity index is 2.03. The van der Waals surface area contributed by atoms with Gasteiger partial charge in [0.15, 0.2) is 0 Å². The molecule has 0 aromatic heterocycles. The van der Waals surface area contributed by atoms with Crippen molar-refractivity contribution < 1.29 is 9.59 Å². The summed E-state index contributed by atoms with van der Waals surface area (Å²) in [5.41, 5.74) is 0.737. The number of hydrogen-bond donors (Lipinski definition) is 1. The van der Waals surface area contributed by atoms with E-state index >= 15 is 0 Å². The number of nitrogens with one attached hydrogen (secondary N) is 1. The molecule has 3 amide bonds. The van der Waals surface area contributed by atoms with E-state index in [1.165, 1.54) is 0 Å². The van der Waals surface area contributed by atoms with E-state index in [9.17, 15) is 9.59 Å². The summed E-state index contributed by atoms with van der Waals surface area (Å²) in [6.45, 7) is 2.88. The van der Waals surface area contributed by atoms with Gasteiger partial charge in [-0.3, -0.25) is 4.79 Å². The van der Waals surface area contributed by atoms with Crippen molar-refractivity contribution in [2.75, 3.05) is 25.5 Å². The van der Waals surface area contributed by atoms with Crippen LogP contribution >= 0.6 is 0 Å². The quantitative estimate of drug-likeness (QED) is 0.815. The van der Waals surface area contributed by atoms with E-state index in [1.54, 1.807) is 23.8 Å². The minimum Gasteiger partial charge on any atom is -0.342 e. The SMILES string of the molecule is CC1C(=O)N(C)CCN1C(=O)Nc1ccccc1. The summed E-state index contributed by atoms with van der Waals surface area (Å²) in [6, 6.07) is 8.60. The smallest absolute Gasteiger partial charge is 0.322 e. The lowest BCUT2D eigenvalue weighted by molar-refractivity contribution is -0.137. The van der Waals surface area contributed by atoms with E-state index < -0.39 is 6.04 Å². The van der Waals surface area contributed by atoms with Gasteiger partial charge in [0.2, 0.25) is 5.91 Å². The number of carbonyl (C=O) groups is 2. The number of amides is 3. The highest BCUT2D eigenvalue weighted by Gasteiger charge is 2.32. The van der Waals surface area contributed by atoms with Crippen molar-refractivity contribution in [3.8, 4) is 0 Å². The molecule has 96 valence electrons. The second kappa shape index (κ2) is 5.08. The van der Waals surface area contributed by atoms with Crippen LogP contribution in [-0.2, 0) is 4.79 Å². The third kappa shape index (κ3) is 2.45. The maximum absolute atomic E-state index is 12.1. The molecule has 0 spiro atoms. The maximum Gasteiger partial charge on any atom is 0.322 e. The lowest BCUT2D eigenvalue weighted by Gasteiger charge is -2.37. The summed E-state index contributed by atoms with van der Waals surface area (Å²) in [5, 5.41) is 2.79. The van der Waals surface area contributed by atoms with Crippen molar-refractivity contribution in [2.24, 2.45) is 0 Å². The molecule has 0 aliphatic carbocycles. The van der Waals surface area contributed by atoms with Crippen LogP contribution in [0, 0.1) is 0 Å². The Hall–Kier alpha value is -2.04. The summed E-state index contributed by atoms with van der Waals surface area (Å²) in [7, 11) is 1.76. The molecule has 2 rings (SSSR count). The second-order valence-corrected chi connectivity index (χ2v) is 4.43. The molecular weight excluding hydrogens is 230 g/mol. The number of carbonyl (C=O) groups excluding carboxylic acids is 2. The predicted molar refractivity (Wildman–Crippen MR) is 69.3 cm³/mol. The number of anilines is 1. The fourth-order valence-electron chi connectivity index (χ4n) is 2.01. The van der Waals surface area contributed by atoms with Crippen LogP contribution in [0.3, 0.4) is 0 Å². The number of piperazine rings is 1. The summed E-state index contributed by atoms with van der Waals surface area (Å²) in [6.07, 6.45) is 0. The molecular formula is C13H17N3O2. The molecule has 18 heavy (non-hydrogen) atoms. The number of nitrogens with zero attached hydrogens (tertiary/aromatic N) is 2. The molecule has 0 saturated carbocycles. The maximum atomic E-state index is 12.1. The molecule has 1 heterocycles. The van der Waals surface area contributed by atoms with Crippen LogP contribution < -0.4 is 5.32 Å². The van der Waals surface area contributed by atoms with Crippen molar-refractivity contribution in [1.29, 1.82) is 0 Å². The van der Waals surface area contributed by atoms with E-state index in [2.05, 4.69) is 5.32 Å². The minimum atomic E-state index is -0.410. The summed E-state index contributed by atoms with van der Waals surface area (Å²) in [5.74, 6) is -0.0236. The van der Waals surface area contributed by atoms with Gasteiger partial charge in [0.1, 0.15) is 6.04 Å². The number of para-hydroxylation sites is 1. The zero-order chi connectivity index (χ0) is 13.1. The lowest BCUT2D eigenvalue weighted by Crippen LogP contribution is -2.57. The van der Waals surface area contributed by atoms with Gasteiger partial charge in [-0.05, 0) is 19.1 Å². The summed E-state index contributed by atoms with van der Waals surface area (Å²) < 4.78 is 0. The topological polar surface area (TPSA) is 52.7 Å². The molecule has 1 atom stereocenters. The Morgan fingerprint density at radius 1 is 1.28 bits per heavy atom. The van der Waals surface area contributed by atoms with Gasteiger partial charge < -0.3 is 15.1 Å². The number of benzene rings is 1. The third-order valence-electron chi connectivity index (χ3n) is 3.16. The zero-order valence-electron chi connectivity index (χ0n) is 10.6. The Kier molecular flexibility index (Phi) is 3.50. The Bertz CT molecular complexity index is 447. The molecule has 0 radical (unpaired) electrons. The first-order valence-corrected chi connectivity index (χ1v) is 5.97. The van der Waals surface area contributed by atoms with Gasteiger partial charge in [0.25, 0.3) is 0 Å². The number of likely N-dealkylation sites (N-methyl/N-ethyl adjacent to an activating group) is 1. The van der Waals surface area contributed by atoms with E-state index in [1.807, 2.05) is 30.3 Å².